The van der Waals surface area contributed by atoms with Crippen LogP contribution in [0.3, 0.4) is 0 Å². The minimum Gasteiger partial charge on any atom is -0.405 e. The van der Waals surface area contributed by atoms with Gasteiger partial charge in [0.15, 0.2) is 0 Å². The van der Waals surface area contributed by atoms with Crippen LogP contribution in [0.2, 0.25) is 0 Å². The first kappa shape index (κ1) is 25.6. The van der Waals surface area contributed by atoms with Gasteiger partial charge in [0.25, 0.3) is 0 Å². The normalized spacial score (nSPS) is 12.2. The lowest BCUT2D eigenvalue weighted by atomic mass is 9.95. The topological polar surface area (TPSA) is 125 Å². The van der Waals surface area contributed by atoms with Crippen LogP contribution in [0.1, 0.15) is 28.9 Å². The second-order valence-electron chi connectivity index (χ2n) is 8.40. The number of nitriles is 2. The second kappa shape index (κ2) is 12.5. The molecule has 0 aliphatic carbocycles. The van der Waals surface area contributed by atoms with Gasteiger partial charge in [-0.3, -0.25) is 0 Å². The highest BCUT2D eigenvalue weighted by molar-refractivity contribution is 5.98. The number of allylic oxidation sites excluding steroid dienone is 6. The Kier molecular flexibility index (Phi) is 8.42. The Morgan fingerprint density at radius 3 is 2.61 bits per heavy atom. The molecule has 0 aliphatic heterocycles. The van der Waals surface area contributed by atoms with Crippen LogP contribution in [0.15, 0.2) is 110 Å². The average molecular weight is 495 g/mol. The van der Waals surface area contributed by atoms with Gasteiger partial charge in [-0.05, 0) is 70.9 Å². The highest BCUT2D eigenvalue weighted by atomic mass is 14.7. The van der Waals surface area contributed by atoms with Crippen molar-refractivity contribution >= 4 is 22.0 Å². The van der Waals surface area contributed by atoms with E-state index in [2.05, 4.69) is 41.4 Å². The van der Waals surface area contributed by atoms with Crippen molar-refractivity contribution in [2.24, 2.45) is 11.5 Å². The fraction of sp³-hybridized carbons (Fsp3) is 0.0625. The van der Waals surface area contributed by atoms with E-state index in [1.807, 2.05) is 54.6 Å². The summed E-state index contributed by atoms with van der Waals surface area (Å²) in [5.74, 6) is 0. The Hall–Kier alpha value is -5.46. The zero-order chi connectivity index (χ0) is 26.7. The van der Waals surface area contributed by atoms with Crippen molar-refractivity contribution in [3.05, 3.63) is 132 Å². The molecule has 0 bridgehead atoms. The maximum absolute atomic E-state index is 9.04. The molecule has 0 saturated carbocycles. The van der Waals surface area contributed by atoms with Crippen molar-refractivity contribution in [1.29, 1.82) is 10.5 Å². The molecule has 184 valence electrons. The van der Waals surface area contributed by atoms with Crippen LogP contribution in [0.5, 0.6) is 0 Å². The molecule has 0 atom stereocenters. The van der Waals surface area contributed by atoms with Crippen molar-refractivity contribution in [2.75, 3.05) is 0 Å². The molecule has 0 radical (unpaired) electrons. The molecule has 4 aromatic rings. The van der Waals surface area contributed by atoms with E-state index in [9.17, 15) is 0 Å². The third kappa shape index (κ3) is 6.02. The highest BCUT2D eigenvalue weighted by Crippen LogP contribution is 2.31. The van der Waals surface area contributed by atoms with Gasteiger partial charge in [-0.2, -0.15) is 10.5 Å². The summed E-state index contributed by atoms with van der Waals surface area (Å²) in [6.45, 7) is 0. The van der Waals surface area contributed by atoms with Crippen molar-refractivity contribution in [3.63, 3.8) is 0 Å². The molecule has 6 heteroatoms. The van der Waals surface area contributed by atoms with Crippen molar-refractivity contribution in [3.8, 4) is 23.4 Å². The SMILES string of the molecule is N#CC/C=C(\C=C/N)c1cccc(-c2ccc(C/C=C\C=C(/N)c3ccnc(C#N)c3)c3ccccc23)n1. The van der Waals surface area contributed by atoms with Gasteiger partial charge in [-0.25, -0.2) is 9.97 Å². The van der Waals surface area contributed by atoms with Gasteiger partial charge >= 0.3 is 0 Å². The Morgan fingerprint density at radius 1 is 0.974 bits per heavy atom. The summed E-state index contributed by atoms with van der Waals surface area (Å²) >= 11 is 0. The first-order valence-corrected chi connectivity index (χ1v) is 12.1. The summed E-state index contributed by atoms with van der Waals surface area (Å²) in [4.78, 5) is 8.86. The zero-order valence-electron chi connectivity index (χ0n) is 20.8. The van der Waals surface area contributed by atoms with Crippen LogP contribution in [0.4, 0.5) is 0 Å². The van der Waals surface area contributed by atoms with Crippen molar-refractivity contribution in [2.45, 2.75) is 12.8 Å². The Bertz CT molecular complexity index is 1660. The average Bonchev–Trinajstić information content (AvgIpc) is 2.97. The molecule has 4 rings (SSSR count). The molecule has 0 spiro atoms. The highest BCUT2D eigenvalue weighted by Gasteiger charge is 2.10. The zero-order valence-corrected chi connectivity index (χ0v) is 20.8. The van der Waals surface area contributed by atoms with Gasteiger partial charge in [0.2, 0.25) is 0 Å². The maximum Gasteiger partial charge on any atom is 0.141 e. The van der Waals surface area contributed by atoms with E-state index in [0.29, 0.717) is 11.4 Å². The van der Waals surface area contributed by atoms with E-state index >= 15 is 0 Å². The van der Waals surface area contributed by atoms with Gasteiger partial charge in [-0.15, -0.1) is 0 Å². The predicted molar refractivity (Wildman–Crippen MR) is 153 cm³/mol. The number of nitrogens with two attached hydrogens (primary N) is 2. The minimum atomic E-state index is 0.279. The number of aromatic nitrogens is 2. The first-order chi connectivity index (χ1) is 18.6. The molecule has 6 nitrogen and oxygen atoms in total. The molecule has 2 aromatic carbocycles. The molecule has 0 saturated heterocycles. The molecule has 0 aliphatic rings. The molecule has 0 fully saturated rings. The summed E-state index contributed by atoms with van der Waals surface area (Å²) in [7, 11) is 0. The summed E-state index contributed by atoms with van der Waals surface area (Å²) in [6.07, 6.45) is 13.4. The lowest BCUT2D eigenvalue weighted by Crippen LogP contribution is -1.97. The van der Waals surface area contributed by atoms with E-state index < -0.39 is 0 Å². The Balaban J connectivity index is 1.62. The molecule has 38 heavy (non-hydrogen) atoms. The van der Waals surface area contributed by atoms with Crippen LogP contribution < -0.4 is 11.5 Å². The monoisotopic (exact) mass is 494 g/mol. The fourth-order valence-corrected chi connectivity index (χ4v) is 4.16. The van der Waals surface area contributed by atoms with Gasteiger partial charge in [0.05, 0.1) is 23.9 Å². The van der Waals surface area contributed by atoms with Gasteiger partial charge < -0.3 is 11.5 Å². The standard InChI is InChI=1S/C32H26N6/c33-18-6-8-24(16-19-34)31-12-5-13-32(38-31)29-15-14-23(27-9-2-3-10-28(27)29)7-1-4-11-30(36)25-17-20-37-26(21-25)22-35/h1-5,8-17,19-21H,6-7,34,36H2/b4-1-,19-16-,24-8+,30-11-. The lowest BCUT2D eigenvalue weighted by molar-refractivity contribution is 1.25. The summed E-state index contributed by atoms with van der Waals surface area (Å²) in [6, 6.07) is 26.0. The molecular weight excluding hydrogens is 468 g/mol. The molecular formula is C32H26N6. The van der Waals surface area contributed by atoms with E-state index in [1.54, 1.807) is 24.4 Å². The first-order valence-electron chi connectivity index (χ1n) is 12.1. The van der Waals surface area contributed by atoms with Gasteiger partial charge in [0, 0.05) is 23.0 Å². The van der Waals surface area contributed by atoms with Crippen molar-refractivity contribution in [1.82, 2.24) is 9.97 Å². The maximum atomic E-state index is 9.04. The molecule has 4 N–H and O–H groups in total. The minimum absolute atomic E-state index is 0.279. The number of hydrogen-bond donors (Lipinski definition) is 2. The predicted octanol–water partition coefficient (Wildman–Crippen LogP) is 6.04. The summed E-state index contributed by atoms with van der Waals surface area (Å²) in [5, 5.41) is 20.3. The summed E-state index contributed by atoms with van der Waals surface area (Å²) in [5.41, 5.74) is 18.1. The molecule has 0 amide bonds. The van der Waals surface area contributed by atoms with Gasteiger partial charge in [-0.1, -0.05) is 60.7 Å². The molecule has 2 aromatic heterocycles. The Morgan fingerprint density at radius 2 is 1.82 bits per heavy atom. The third-order valence-electron chi connectivity index (χ3n) is 5.98. The summed E-state index contributed by atoms with van der Waals surface area (Å²) < 4.78 is 0. The van der Waals surface area contributed by atoms with E-state index in [-0.39, 0.29) is 6.42 Å². The van der Waals surface area contributed by atoms with Crippen molar-refractivity contribution < 1.29 is 0 Å². The Labute approximate surface area is 222 Å². The fourth-order valence-electron chi connectivity index (χ4n) is 4.16. The van der Waals surface area contributed by atoms with Gasteiger partial charge in [0.1, 0.15) is 11.8 Å². The lowest BCUT2D eigenvalue weighted by Gasteiger charge is -2.11. The third-order valence-corrected chi connectivity index (χ3v) is 5.98. The number of rotatable bonds is 8. The number of hydrogen-bond acceptors (Lipinski definition) is 6. The molecule has 0 unspecified atom stereocenters. The number of pyridine rings is 2. The smallest absolute Gasteiger partial charge is 0.141 e. The largest absolute Gasteiger partial charge is 0.405 e. The van der Waals surface area contributed by atoms with E-state index in [1.165, 1.54) is 11.8 Å². The van der Waals surface area contributed by atoms with Crippen LogP contribution >= 0.6 is 0 Å². The number of fused-ring (bicyclic) bond motifs is 1. The van der Waals surface area contributed by atoms with Crippen LogP contribution in [0.25, 0.3) is 33.3 Å². The van der Waals surface area contributed by atoms with Crippen LogP contribution in [-0.4, -0.2) is 9.97 Å². The quantitative estimate of drug-likeness (QED) is 0.288. The molecule has 2 heterocycles. The van der Waals surface area contributed by atoms with E-state index in [4.69, 9.17) is 27.0 Å². The van der Waals surface area contributed by atoms with Crippen LogP contribution in [0, 0.1) is 22.7 Å². The number of nitrogens with zero attached hydrogens (tertiary/aromatic N) is 4. The second-order valence-corrected chi connectivity index (χ2v) is 8.40. The number of benzene rings is 2. The van der Waals surface area contributed by atoms with Crippen LogP contribution in [-0.2, 0) is 6.42 Å². The van der Waals surface area contributed by atoms with E-state index in [0.717, 1.165) is 45.3 Å².